The molecule has 2 aromatic rings. The van der Waals surface area contributed by atoms with Crippen molar-refractivity contribution >= 4 is 17.3 Å². The van der Waals surface area contributed by atoms with E-state index in [1.165, 1.54) is 24.6 Å². The van der Waals surface area contributed by atoms with Gasteiger partial charge in [0.2, 0.25) is 5.91 Å². The number of hydrogen-bond acceptors (Lipinski definition) is 3. The summed E-state index contributed by atoms with van der Waals surface area (Å²) in [6.45, 7) is 5.74. The Bertz CT molecular complexity index is 755. The smallest absolute Gasteiger partial charge is 0.225 e. The molecule has 2 aromatic carbocycles. The lowest BCUT2D eigenvalue weighted by atomic mass is 9.99. The summed E-state index contributed by atoms with van der Waals surface area (Å²) >= 11 is 0. The fraction of sp³-hybridized carbons (Fsp3) is 0.435. The lowest BCUT2D eigenvalue weighted by Crippen LogP contribution is -2.32. The van der Waals surface area contributed by atoms with Crippen molar-refractivity contribution in [2.45, 2.75) is 32.6 Å². The first-order chi connectivity index (χ1) is 13.6. The molecule has 0 bridgehead atoms. The first kappa shape index (κ1) is 20.3. The van der Waals surface area contributed by atoms with Crippen molar-refractivity contribution in [2.75, 3.05) is 36.4 Å². The van der Waals surface area contributed by atoms with Gasteiger partial charge in [0, 0.05) is 37.4 Å². The first-order valence-electron chi connectivity index (χ1n) is 10.2. The molecule has 0 atom stereocenters. The van der Waals surface area contributed by atoms with Gasteiger partial charge < -0.3 is 15.5 Å². The third-order valence-corrected chi connectivity index (χ3v) is 5.36. The van der Waals surface area contributed by atoms with Crippen molar-refractivity contribution in [2.24, 2.45) is 5.92 Å². The molecule has 0 aromatic heterocycles. The standard InChI is InChI=1S/C23H30FN3O/c1-18-12-16-27(17-13-18)21-8-6-20(7-9-21)26-23(28)11-15-25-14-10-19-4-2-3-5-22(19)24/h2-9,18,25H,10-17H2,1H3,(H,26,28). The molecule has 1 aliphatic rings. The van der Waals surface area contributed by atoms with Crippen LogP contribution in [0.3, 0.4) is 0 Å². The molecule has 0 unspecified atom stereocenters. The summed E-state index contributed by atoms with van der Waals surface area (Å²) < 4.78 is 13.5. The fourth-order valence-corrected chi connectivity index (χ4v) is 3.50. The fourth-order valence-electron chi connectivity index (χ4n) is 3.50. The van der Waals surface area contributed by atoms with Gasteiger partial charge in [-0.25, -0.2) is 4.39 Å². The number of carbonyl (C=O) groups is 1. The van der Waals surface area contributed by atoms with Gasteiger partial charge >= 0.3 is 0 Å². The van der Waals surface area contributed by atoms with Crippen LogP contribution in [-0.2, 0) is 11.2 Å². The van der Waals surface area contributed by atoms with Crippen LogP contribution in [0.1, 0.15) is 31.7 Å². The molecular weight excluding hydrogens is 353 g/mol. The van der Waals surface area contributed by atoms with Crippen molar-refractivity contribution in [1.82, 2.24) is 5.32 Å². The van der Waals surface area contributed by atoms with Crippen LogP contribution >= 0.6 is 0 Å². The van der Waals surface area contributed by atoms with E-state index in [4.69, 9.17) is 0 Å². The van der Waals surface area contributed by atoms with Gasteiger partial charge in [-0.2, -0.15) is 0 Å². The minimum Gasteiger partial charge on any atom is -0.372 e. The van der Waals surface area contributed by atoms with Crippen molar-refractivity contribution in [3.05, 3.63) is 59.9 Å². The lowest BCUT2D eigenvalue weighted by Gasteiger charge is -2.32. The second kappa shape index (κ2) is 10.2. The van der Waals surface area contributed by atoms with Crippen LogP contribution in [0, 0.1) is 11.7 Å². The van der Waals surface area contributed by atoms with Crippen LogP contribution in [0.25, 0.3) is 0 Å². The molecule has 0 radical (unpaired) electrons. The number of piperidine rings is 1. The molecule has 150 valence electrons. The molecule has 0 spiro atoms. The predicted octanol–water partition coefficient (Wildman–Crippen LogP) is 4.22. The Morgan fingerprint density at radius 1 is 1.07 bits per heavy atom. The lowest BCUT2D eigenvalue weighted by molar-refractivity contribution is -0.116. The number of halogens is 1. The number of carbonyl (C=O) groups excluding carboxylic acids is 1. The maximum Gasteiger partial charge on any atom is 0.225 e. The van der Waals surface area contributed by atoms with Gasteiger partial charge in [-0.1, -0.05) is 25.1 Å². The number of benzene rings is 2. The largest absolute Gasteiger partial charge is 0.372 e. The zero-order chi connectivity index (χ0) is 19.8. The van der Waals surface area contributed by atoms with Crippen LogP contribution < -0.4 is 15.5 Å². The number of amides is 1. The highest BCUT2D eigenvalue weighted by molar-refractivity contribution is 5.91. The molecule has 1 fully saturated rings. The van der Waals surface area contributed by atoms with E-state index in [9.17, 15) is 9.18 Å². The summed E-state index contributed by atoms with van der Waals surface area (Å²) in [6, 6.07) is 14.9. The van der Waals surface area contributed by atoms with E-state index in [0.717, 1.165) is 24.7 Å². The molecule has 28 heavy (non-hydrogen) atoms. The quantitative estimate of drug-likeness (QED) is 0.671. The second-order valence-corrected chi connectivity index (χ2v) is 7.61. The van der Waals surface area contributed by atoms with Crippen LogP contribution in [0.4, 0.5) is 15.8 Å². The molecule has 5 heteroatoms. The highest BCUT2D eigenvalue weighted by atomic mass is 19.1. The van der Waals surface area contributed by atoms with Gasteiger partial charge in [-0.15, -0.1) is 0 Å². The molecule has 1 heterocycles. The van der Waals surface area contributed by atoms with Gasteiger partial charge in [0.15, 0.2) is 0 Å². The molecule has 0 saturated carbocycles. The Hall–Kier alpha value is -2.40. The highest BCUT2D eigenvalue weighted by Gasteiger charge is 2.15. The molecule has 2 N–H and O–H groups in total. The Morgan fingerprint density at radius 2 is 1.79 bits per heavy atom. The third kappa shape index (κ3) is 6.06. The van der Waals surface area contributed by atoms with Gasteiger partial charge in [0.25, 0.3) is 0 Å². The maximum atomic E-state index is 13.5. The minimum atomic E-state index is -0.176. The number of nitrogens with zero attached hydrogens (tertiary/aromatic N) is 1. The van der Waals surface area contributed by atoms with Crippen molar-refractivity contribution < 1.29 is 9.18 Å². The number of nitrogens with one attached hydrogen (secondary N) is 2. The van der Waals surface area contributed by atoms with E-state index >= 15 is 0 Å². The van der Waals surface area contributed by atoms with Gasteiger partial charge in [-0.3, -0.25) is 4.79 Å². The van der Waals surface area contributed by atoms with Gasteiger partial charge in [0.1, 0.15) is 5.82 Å². The monoisotopic (exact) mass is 383 g/mol. The first-order valence-corrected chi connectivity index (χ1v) is 10.2. The van der Waals surface area contributed by atoms with Crippen molar-refractivity contribution in [3.8, 4) is 0 Å². The molecular formula is C23H30FN3O. The van der Waals surface area contributed by atoms with Crippen LogP contribution in [0.2, 0.25) is 0 Å². The third-order valence-electron chi connectivity index (χ3n) is 5.36. The van der Waals surface area contributed by atoms with E-state index < -0.39 is 0 Å². The summed E-state index contributed by atoms with van der Waals surface area (Å²) in [7, 11) is 0. The number of rotatable bonds is 8. The van der Waals surface area contributed by atoms with E-state index in [1.54, 1.807) is 12.1 Å². The second-order valence-electron chi connectivity index (χ2n) is 7.61. The van der Waals surface area contributed by atoms with E-state index in [1.807, 2.05) is 18.2 Å². The van der Waals surface area contributed by atoms with Gasteiger partial charge in [-0.05, 0) is 67.6 Å². The summed E-state index contributed by atoms with van der Waals surface area (Å²) in [6.07, 6.45) is 3.48. The topological polar surface area (TPSA) is 44.4 Å². The molecule has 1 aliphatic heterocycles. The summed E-state index contributed by atoms with van der Waals surface area (Å²) in [5.41, 5.74) is 2.74. The molecule has 0 aliphatic carbocycles. The normalized spacial score (nSPS) is 14.9. The molecule has 4 nitrogen and oxygen atoms in total. The van der Waals surface area contributed by atoms with Crippen LogP contribution in [0.15, 0.2) is 48.5 Å². The molecule has 3 rings (SSSR count). The number of hydrogen-bond donors (Lipinski definition) is 2. The average Bonchev–Trinajstić information content (AvgIpc) is 2.70. The van der Waals surface area contributed by atoms with Crippen molar-refractivity contribution in [3.63, 3.8) is 0 Å². The number of anilines is 2. The summed E-state index contributed by atoms with van der Waals surface area (Å²) in [5.74, 6) is 0.623. The summed E-state index contributed by atoms with van der Waals surface area (Å²) in [5, 5.41) is 6.14. The average molecular weight is 384 g/mol. The maximum absolute atomic E-state index is 13.5. The van der Waals surface area contributed by atoms with Crippen LogP contribution in [-0.4, -0.2) is 32.1 Å². The summed E-state index contributed by atoms with van der Waals surface area (Å²) in [4.78, 5) is 14.5. The van der Waals surface area contributed by atoms with E-state index in [2.05, 4.69) is 34.6 Å². The highest BCUT2D eigenvalue weighted by Crippen LogP contribution is 2.24. The van der Waals surface area contributed by atoms with E-state index in [0.29, 0.717) is 31.5 Å². The minimum absolute atomic E-state index is 0.0158. The van der Waals surface area contributed by atoms with Crippen LogP contribution in [0.5, 0.6) is 0 Å². The Labute approximate surface area is 167 Å². The SMILES string of the molecule is CC1CCN(c2ccc(NC(=O)CCNCCc3ccccc3F)cc2)CC1. The molecule has 1 amide bonds. The van der Waals surface area contributed by atoms with Crippen molar-refractivity contribution in [1.29, 1.82) is 0 Å². The van der Waals surface area contributed by atoms with Gasteiger partial charge in [0.05, 0.1) is 0 Å². The predicted molar refractivity (Wildman–Crippen MR) is 113 cm³/mol. The Kier molecular flexibility index (Phi) is 7.43. The Balaban J connectivity index is 1.35. The van der Waals surface area contributed by atoms with E-state index in [-0.39, 0.29) is 11.7 Å². The molecule has 1 saturated heterocycles. The zero-order valence-electron chi connectivity index (χ0n) is 16.6. The Morgan fingerprint density at radius 3 is 2.50 bits per heavy atom. The zero-order valence-corrected chi connectivity index (χ0v) is 16.6.